The Balaban J connectivity index is 1.57. The smallest absolute Gasteiger partial charge is 0.239 e. The maximum Gasteiger partial charge on any atom is 0.239 e. The Morgan fingerprint density at radius 3 is 2.62 bits per heavy atom. The van der Waals surface area contributed by atoms with Crippen LogP contribution < -0.4 is 16.0 Å². The fourth-order valence-corrected chi connectivity index (χ4v) is 1.91. The topological polar surface area (TPSA) is 70.2 Å². The van der Waals surface area contributed by atoms with Gasteiger partial charge in [0.25, 0.3) is 0 Å². The van der Waals surface area contributed by atoms with Crippen molar-refractivity contribution in [1.29, 1.82) is 0 Å². The molecule has 0 aromatic heterocycles. The Kier molecular flexibility index (Phi) is 3.77. The Bertz CT molecular complexity index is 270. The first-order valence-corrected chi connectivity index (χ1v) is 6.03. The standard InChI is InChI=1S/C11H19N3O2/c15-10(6-9-2-1-5-12-9)13-7-11(16)14-8-3-4-8/h8-9,12H,1-7H2,(H,13,15)(H,14,16). The lowest BCUT2D eigenvalue weighted by atomic mass is 10.1. The van der Waals surface area contributed by atoms with Gasteiger partial charge in [0.05, 0.1) is 6.54 Å². The molecule has 2 fully saturated rings. The second kappa shape index (κ2) is 5.30. The van der Waals surface area contributed by atoms with Crippen molar-refractivity contribution in [3.63, 3.8) is 0 Å². The summed E-state index contributed by atoms with van der Waals surface area (Å²) in [5.74, 6) is -0.111. The van der Waals surface area contributed by atoms with Crippen LogP contribution in [0.15, 0.2) is 0 Å². The molecule has 0 bridgehead atoms. The number of hydrogen-bond donors (Lipinski definition) is 3. The summed E-state index contributed by atoms with van der Waals surface area (Å²) in [6, 6.07) is 0.660. The number of rotatable bonds is 5. The molecule has 2 aliphatic rings. The van der Waals surface area contributed by atoms with E-state index in [-0.39, 0.29) is 18.4 Å². The maximum absolute atomic E-state index is 11.5. The van der Waals surface area contributed by atoms with E-state index in [0.29, 0.717) is 18.5 Å². The zero-order chi connectivity index (χ0) is 11.4. The summed E-state index contributed by atoms with van der Waals surface area (Å²) in [6.07, 6.45) is 4.83. The van der Waals surface area contributed by atoms with Crippen molar-refractivity contribution < 1.29 is 9.59 Å². The minimum Gasteiger partial charge on any atom is -0.352 e. The molecule has 1 aliphatic heterocycles. The third-order valence-corrected chi connectivity index (χ3v) is 2.98. The van der Waals surface area contributed by atoms with Gasteiger partial charge in [0.1, 0.15) is 0 Å². The van der Waals surface area contributed by atoms with Gasteiger partial charge >= 0.3 is 0 Å². The molecule has 0 aromatic carbocycles. The summed E-state index contributed by atoms with van der Waals surface area (Å²) in [6.45, 7) is 1.11. The van der Waals surface area contributed by atoms with Gasteiger partial charge < -0.3 is 16.0 Å². The highest BCUT2D eigenvalue weighted by atomic mass is 16.2. The molecule has 5 nitrogen and oxygen atoms in total. The van der Waals surface area contributed by atoms with Gasteiger partial charge in [-0.05, 0) is 32.2 Å². The van der Waals surface area contributed by atoms with Gasteiger partial charge in [0.15, 0.2) is 0 Å². The molecule has 0 aromatic rings. The van der Waals surface area contributed by atoms with Crippen LogP contribution in [0.5, 0.6) is 0 Å². The molecule has 0 spiro atoms. The average Bonchev–Trinajstić information content (AvgIpc) is 2.91. The lowest BCUT2D eigenvalue weighted by Gasteiger charge is -2.10. The number of carbonyl (C=O) groups excluding carboxylic acids is 2. The third-order valence-electron chi connectivity index (χ3n) is 2.98. The first-order valence-electron chi connectivity index (χ1n) is 6.03. The molecule has 1 atom stereocenters. The predicted octanol–water partition coefficient (Wildman–Crippen LogP) is -0.477. The van der Waals surface area contributed by atoms with Crippen LogP contribution in [0.25, 0.3) is 0 Å². The van der Waals surface area contributed by atoms with Crippen LogP contribution >= 0.6 is 0 Å². The van der Waals surface area contributed by atoms with Crippen LogP contribution in [0.4, 0.5) is 0 Å². The van der Waals surface area contributed by atoms with Gasteiger partial charge in [-0.1, -0.05) is 0 Å². The fraction of sp³-hybridized carbons (Fsp3) is 0.818. The van der Waals surface area contributed by atoms with Gasteiger partial charge in [0, 0.05) is 18.5 Å². The van der Waals surface area contributed by atoms with Crippen molar-refractivity contribution >= 4 is 11.8 Å². The van der Waals surface area contributed by atoms with Crippen molar-refractivity contribution in [2.45, 2.75) is 44.2 Å². The lowest BCUT2D eigenvalue weighted by Crippen LogP contribution is -2.39. The molecule has 1 saturated carbocycles. The van der Waals surface area contributed by atoms with E-state index < -0.39 is 0 Å². The van der Waals surface area contributed by atoms with Crippen molar-refractivity contribution in [3.05, 3.63) is 0 Å². The highest BCUT2D eigenvalue weighted by molar-refractivity contribution is 5.85. The van der Waals surface area contributed by atoms with Crippen LogP contribution in [0.1, 0.15) is 32.1 Å². The summed E-state index contributed by atoms with van der Waals surface area (Å²) >= 11 is 0. The third kappa shape index (κ3) is 3.81. The van der Waals surface area contributed by atoms with Crippen molar-refractivity contribution in [1.82, 2.24) is 16.0 Å². The monoisotopic (exact) mass is 225 g/mol. The second-order valence-electron chi connectivity index (χ2n) is 4.62. The Morgan fingerprint density at radius 2 is 2.00 bits per heavy atom. The summed E-state index contributed by atoms with van der Waals surface area (Å²) in [7, 11) is 0. The Hall–Kier alpha value is -1.10. The summed E-state index contributed by atoms with van der Waals surface area (Å²) in [5.41, 5.74) is 0. The van der Waals surface area contributed by atoms with E-state index in [1.165, 1.54) is 0 Å². The molecule has 1 unspecified atom stereocenters. The van der Waals surface area contributed by atoms with Gasteiger partial charge in [-0.3, -0.25) is 9.59 Å². The molecule has 1 aliphatic carbocycles. The summed E-state index contributed by atoms with van der Waals surface area (Å²) in [4.78, 5) is 22.8. The number of nitrogens with one attached hydrogen (secondary N) is 3. The highest BCUT2D eigenvalue weighted by Gasteiger charge is 2.23. The molecule has 0 radical (unpaired) electrons. The normalized spacial score (nSPS) is 24.1. The van der Waals surface area contributed by atoms with Crippen LogP contribution in [-0.2, 0) is 9.59 Å². The average molecular weight is 225 g/mol. The van der Waals surface area contributed by atoms with Gasteiger partial charge in [0.2, 0.25) is 11.8 Å². The highest BCUT2D eigenvalue weighted by Crippen LogP contribution is 2.18. The van der Waals surface area contributed by atoms with Gasteiger partial charge in [-0.25, -0.2) is 0 Å². The fourth-order valence-electron chi connectivity index (χ4n) is 1.91. The first-order chi connectivity index (χ1) is 7.74. The van der Waals surface area contributed by atoms with Crippen molar-refractivity contribution in [3.8, 4) is 0 Å². The van der Waals surface area contributed by atoms with E-state index in [1.807, 2.05) is 0 Å². The number of hydrogen-bond acceptors (Lipinski definition) is 3. The molecule has 2 amide bonds. The van der Waals surface area contributed by atoms with E-state index in [4.69, 9.17) is 0 Å². The SMILES string of the molecule is O=C(CC1CCCN1)NCC(=O)NC1CC1. The molecule has 5 heteroatoms. The van der Waals surface area contributed by atoms with Crippen LogP contribution in [-0.4, -0.2) is 37.0 Å². The minimum absolute atomic E-state index is 0.0367. The van der Waals surface area contributed by atoms with Crippen LogP contribution in [0.3, 0.4) is 0 Å². The van der Waals surface area contributed by atoms with Gasteiger partial charge in [-0.15, -0.1) is 0 Å². The second-order valence-corrected chi connectivity index (χ2v) is 4.62. The Morgan fingerprint density at radius 1 is 1.19 bits per heavy atom. The predicted molar refractivity (Wildman–Crippen MR) is 59.8 cm³/mol. The molecule has 90 valence electrons. The van der Waals surface area contributed by atoms with Gasteiger partial charge in [-0.2, -0.15) is 0 Å². The van der Waals surface area contributed by atoms with E-state index in [9.17, 15) is 9.59 Å². The molecule has 2 rings (SSSR count). The number of carbonyl (C=O) groups is 2. The zero-order valence-electron chi connectivity index (χ0n) is 9.42. The van der Waals surface area contributed by atoms with E-state index in [0.717, 1.165) is 32.2 Å². The van der Waals surface area contributed by atoms with E-state index >= 15 is 0 Å². The Labute approximate surface area is 95.3 Å². The van der Waals surface area contributed by atoms with Crippen LogP contribution in [0, 0.1) is 0 Å². The molecular weight excluding hydrogens is 206 g/mol. The molecular formula is C11H19N3O2. The lowest BCUT2D eigenvalue weighted by molar-refractivity contribution is -0.126. The van der Waals surface area contributed by atoms with E-state index in [2.05, 4.69) is 16.0 Å². The molecule has 3 N–H and O–H groups in total. The maximum atomic E-state index is 11.5. The first kappa shape index (κ1) is 11.4. The van der Waals surface area contributed by atoms with Crippen molar-refractivity contribution in [2.75, 3.05) is 13.1 Å². The largest absolute Gasteiger partial charge is 0.352 e. The minimum atomic E-state index is -0.0739. The molecule has 1 saturated heterocycles. The number of amides is 2. The summed E-state index contributed by atoms with van der Waals surface area (Å²) in [5, 5.41) is 8.74. The van der Waals surface area contributed by atoms with Crippen LogP contribution in [0.2, 0.25) is 0 Å². The zero-order valence-corrected chi connectivity index (χ0v) is 9.42. The summed E-state index contributed by atoms with van der Waals surface area (Å²) < 4.78 is 0. The van der Waals surface area contributed by atoms with Crippen molar-refractivity contribution in [2.24, 2.45) is 0 Å². The van der Waals surface area contributed by atoms with E-state index in [1.54, 1.807) is 0 Å². The quantitative estimate of drug-likeness (QED) is 0.592. The molecule has 16 heavy (non-hydrogen) atoms. The molecule has 1 heterocycles.